The van der Waals surface area contributed by atoms with Crippen LogP contribution >= 0.6 is 11.3 Å². The van der Waals surface area contributed by atoms with Crippen LogP contribution in [0.4, 0.5) is 5.69 Å². The average Bonchev–Trinajstić information content (AvgIpc) is 2.85. The molecule has 1 aromatic heterocycles. The zero-order chi connectivity index (χ0) is 10.3. The van der Waals surface area contributed by atoms with E-state index in [0.717, 1.165) is 24.3 Å². The molecule has 2 saturated heterocycles. The molecule has 0 amide bonds. The highest BCUT2D eigenvalue weighted by atomic mass is 32.1. The summed E-state index contributed by atoms with van der Waals surface area (Å²) in [5.74, 6) is 0. The molecule has 2 aliphatic rings. The molecule has 0 spiro atoms. The molecule has 3 nitrogen and oxygen atoms in total. The number of nitrogens with zero attached hydrogens (tertiary/aromatic N) is 1. The second kappa shape index (κ2) is 3.61. The first-order valence-electron chi connectivity index (χ1n) is 5.29. The maximum atomic E-state index is 10.6. The number of carbonyl (C=O) groups is 1. The van der Waals surface area contributed by atoms with E-state index in [1.165, 1.54) is 29.9 Å². The Balaban J connectivity index is 1.79. The summed E-state index contributed by atoms with van der Waals surface area (Å²) in [4.78, 5) is 13.8. The van der Waals surface area contributed by atoms with Gasteiger partial charge < -0.3 is 9.64 Å². The Labute approximate surface area is 92.6 Å². The Bertz CT molecular complexity index is 364. The van der Waals surface area contributed by atoms with E-state index in [1.807, 2.05) is 6.07 Å². The Kier molecular flexibility index (Phi) is 2.25. The van der Waals surface area contributed by atoms with Gasteiger partial charge in [-0.05, 0) is 18.9 Å². The van der Waals surface area contributed by atoms with Gasteiger partial charge in [-0.25, -0.2) is 0 Å². The number of anilines is 1. The van der Waals surface area contributed by atoms with Crippen LogP contribution in [0.25, 0.3) is 0 Å². The number of thiophene rings is 1. The van der Waals surface area contributed by atoms with Crippen molar-refractivity contribution in [2.24, 2.45) is 0 Å². The number of rotatable bonds is 2. The lowest BCUT2D eigenvalue weighted by Crippen LogP contribution is -2.42. The molecule has 2 aliphatic heterocycles. The SMILES string of the molecule is O=Cc1cc(N2CC3CCC(C2)O3)cs1. The molecule has 2 fully saturated rings. The molecule has 0 aromatic carbocycles. The fourth-order valence-electron chi connectivity index (χ4n) is 2.40. The average molecular weight is 223 g/mol. The quantitative estimate of drug-likeness (QED) is 0.717. The highest BCUT2D eigenvalue weighted by molar-refractivity contribution is 7.12. The van der Waals surface area contributed by atoms with E-state index >= 15 is 0 Å². The Morgan fingerprint density at radius 1 is 1.40 bits per heavy atom. The fraction of sp³-hybridized carbons (Fsp3) is 0.545. The maximum Gasteiger partial charge on any atom is 0.160 e. The monoisotopic (exact) mass is 223 g/mol. The summed E-state index contributed by atoms with van der Waals surface area (Å²) in [6.07, 6.45) is 4.10. The zero-order valence-corrected chi connectivity index (χ0v) is 9.20. The van der Waals surface area contributed by atoms with Gasteiger partial charge in [0.25, 0.3) is 0 Å². The van der Waals surface area contributed by atoms with Crippen molar-refractivity contribution in [2.45, 2.75) is 25.0 Å². The normalized spacial score (nSPS) is 29.5. The van der Waals surface area contributed by atoms with E-state index in [4.69, 9.17) is 4.74 Å². The molecule has 4 heteroatoms. The third kappa shape index (κ3) is 1.68. The summed E-state index contributed by atoms with van der Waals surface area (Å²) in [7, 11) is 0. The van der Waals surface area contributed by atoms with Gasteiger partial charge in [0.2, 0.25) is 0 Å². The second-order valence-electron chi connectivity index (χ2n) is 4.19. The molecule has 2 bridgehead atoms. The van der Waals surface area contributed by atoms with Crippen molar-refractivity contribution >= 4 is 23.3 Å². The summed E-state index contributed by atoms with van der Waals surface area (Å²) >= 11 is 1.52. The van der Waals surface area contributed by atoms with E-state index in [1.54, 1.807) is 0 Å². The maximum absolute atomic E-state index is 10.6. The highest BCUT2D eigenvalue weighted by Gasteiger charge is 2.33. The third-order valence-corrected chi connectivity index (χ3v) is 3.98. The molecular formula is C11H13NO2S. The Morgan fingerprint density at radius 3 is 2.73 bits per heavy atom. The van der Waals surface area contributed by atoms with E-state index in [0.29, 0.717) is 12.2 Å². The van der Waals surface area contributed by atoms with Crippen LogP contribution in [0, 0.1) is 0 Å². The van der Waals surface area contributed by atoms with Crippen LogP contribution < -0.4 is 4.90 Å². The van der Waals surface area contributed by atoms with Crippen molar-refractivity contribution in [1.29, 1.82) is 0 Å². The fourth-order valence-corrected chi connectivity index (χ4v) is 3.11. The molecule has 3 heterocycles. The molecule has 80 valence electrons. The van der Waals surface area contributed by atoms with Gasteiger partial charge in [0, 0.05) is 24.2 Å². The number of fused-ring (bicyclic) bond motifs is 2. The van der Waals surface area contributed by atoms with Crippen LogP contribution in [0.1, 0.15) is 22.5 Å². The van der Waals surface area contributed by atoms with Gasteiger partial charge in [0.15, 0.2) is 6.29 Å². The minimum atomic E-state index is 0.406. The predicted molar refractivity (Wildman–Crippen MR) is 59.8 cm³/mol. The molecule has 0 saturated carbocycles. The van der Waals surface area contributed by atoms with Gasteiger partial charge in [-0.2, -0.15) is 0 Å². The summed E-state index contributed by atoms with van der Waals surface area (Å²) in [5.41, 5.74) is 1.18. The summed E-state index contributed by atoms with van der Waals surface area (Å²) in [5, 5.41) is 2.06. The number of aldehydes is 1. The highest BCUT2D eigenvalue weighted by Crippen LogP contribution is 2.31. The van der Waals surface area contributed by atoms with Crippen LogP contribution in [0.15, 0.2) is 11.4 Å². The van der Waals surface area contributed by atoms with Crippen LogP contribution in [-0.4, -0.2) is 31.6 Å². The van der Waals surface area contributed by atoms with Gasteiger partial charge in [-0.15, -0.1) is 11.3 Å². The largest absolute Gasteiger partial charge is 0.371 e. The summed E-state index contributed by atoms with van der Waals surface area (Å²) < 4.78 is 5.77. The molecule has 0 aliphatic carbocycles. The van der Waals surface area contributed by atoms with Gasteiger partial charge in [0.05, 0.1) is 17.1 Å². The second-order valence-corrected chi connectivity index (χ2v) is 5.13. The molecule has 15 heavy (non-hydrogen) atoms. The van der Waals surface area contributed by atoms with Crippen molar-refractivity contribution in [3.8, 4) is 0 Å². The third-order valence-electron chi connectivity index (χ3n) is 3.13. The first-order chi connectivity index (χ1) is 7.35. The Morgan fingerprint density at radius 2 is 2.13 bits per heavy atom. The van der Waals surface area contributed by atoms with E-state index in [9.17, 15) is 4.79 Å². The van der Waals surface area contributed by atoms with Gasteiger partial charge in [-0.3, -0.25) is 4.79 Å². The smallest absolute Gasteiger partial charge is 0.160 e. The number of ether oxygens (including phenoxy) is 1. The van der Waals surface area contributed by atoms with E-state index in [2.05, 4.69) is 10.3 Å². The van der Waals surface area contributed by atoms with Crippen LogP contribution in [-0.2, 0) is 4.74 Å². The van der Waals surface area contributed by atoms with Gasteiger partial charge >= 0.3 is 0 Å². The van der Waals surface area contributed by atoms with Crippen LogP contribution in [0.5, 0.6) is 0 Å². The first-order valence-corrected chi connectivity index (χ1v) is 6.17. The number of hydrogen-bond donors (Lipinski definition) is 0. The van der Waals surface area contributed by atoms with Crippen molar-refractivity contribution in [3.63, 3.8) is 0 Å². The predicted octanol–water partition coefficient (Wildman–Crippen LogP) is 1.93. The van der Waals surface area contributed by atoms with Crippen molar-refractivity contribution in [2.75, 3.05) is 18.0 Å². The molecular weight excluding hydrogens is 210 g/mol. The molecule has 2 unspecified atom stereocenters. The van der Waals surface area contributed by atoms with Crippen LogP contribution in [0.2, 0.25) is 0 Å². The zero-order valence-electron chi connectivity index (χ0n) is 8.39. The van der Waals surface area contributed by atoms with Crippen molar-refractivity contribution < 1.29 is 9.53 Å². The lowest BCUT2D eigenvalue weighted by atomic mass is 10.2. The van der Waals surface area contributed by atoms with Gasteiger partial charge in [-0.1, -0.05) is 0 Å². The lowest BCUT2D eigenvalue weighted by molar-refractivity contribution is 0.0305. The van der Waals surface area contributed by atoms with Crippen molar-refractivity contribution in [3.05, 3.63) is 16.3 Å². The molecule has 3 rings (SSSR count). The van der Waals surface area contributed by atoms with Crippen LogP contribution in [0.3, 0.4) is 0 Å². The van der Waals surface area contributed by atoms with E-state index in [-0.39, 0.29) is 0 Å². The number of hydrogen-bond acceptors (Lipinski definition) is 4. The summed E-state index contributed by atoms with van der Waals surface area (Å²) in [6.45, 7) is 1.96. The van der Waals surface area contributed by atoms with Gasteiger partial charge in [0.1, 0.15) is 0 Å². The standard InChI is InChI=1S/C11H13NO2S/c13-6-11-3-8(7-15-11)12-4-9-1-2-10(5-12)14-9/h3,6-7,9-10H,1-2,4-5H2. The minimum absolute atomic E-state index is 0.406. The molecule has 0 N–H and O–H groups in total. The molecule has 2 atom stereocenters. The Hall–Kier alpha value is -0.870. The first kappa shape index (κ1) is 9.36. The molecule has 0 radical (unpaired) electrons. The van der Waals surface area contributed by atoms with Crippen molar-refractivity contribution in [1.82, 2.24) is 0 Å². The number of carbonyl (C=O) groups excluding carboxylic acids is 1. The minimum Gasteiger partial charge on any atom is -0.371 e. The lowest BCUT2D eigenvalue weighted by Gasteiger charge is -2.33. The molecule has 1 aromatic rings. The van der Waals surface area contributed by atoms with E-state index < -0.39 is 0 Å². The summed E-state index contributed by atoms with van der Waals surface area (Å²) in [6, 6.07) is 1.97. The number of morpholine rings is 1. The topological polar surface area (TPSA) is 29.5 Å².